The highest BCUT2D eigenvalue weighted by molar-refractivity contribution is 5.07. The fourth-order valence-electron chi connectivity index (χ4n) is 1.89. The zero-order chi connectivity index (χ0) is 8.43. The van der Waals surface area contributed by atoms with Gasteiger partial charge in [0, 0.05) is 6.04 Å². The molecule has 11 heavy (non-hydrogen) atoms. The molecule has 0 heterocycles. The monoisotopic (exact) mass is 153 g/mol. The molecule has 1 heteroatoms. The van der Waals surface area contributed by atoms with Gasteiger partial charge in [-0.1, -0.05) is 25.5 Å². The predicted octanol–water partition coefficient (Wildman–Crippen LogP) is 2.33. The summed E-state index contributed by atoms with van der Waals surface area (Å²) in [5.74, 6) is 1.37. The molecule has 0 saturated carbocycles. The van der Waals surface area contributed by atoms with Crippen molar-refractivity contribution in [3.63, 3.8) is 0 Å². The first kappa shape index (κ1) is 8.79. The van der Waals surface area contributed by atoms with Crippen LogP contribution in [0.1, 0.15) is 33.6 Å². The Hall–Kier alpha value is -0.300. The molecule has 1 nitrogen and oxygen atoms in total. The normalized spacial score (nSPS) is 39.6. The lowest BCUT2D eigenvalue weighted by Gasteiger charge is -2.13. The second-order valence-electron chi connectivity index (χ2n) is 4.02. The third kappa shape index (κ3) is 2.33. The van der Waals surface area contributed by atoms with Gasteiger partial charge in [0.25, 0.3) is 0 Å². The van der Waals surface area contributed by atoms with Crippen LogP contribution in [0.15, 0.2) is 11.6 Å². The summed E-state index contributed by atoms with van der Waals surface area (Å²) in [6.07, 6.45) is 4.69. The van der Waals surface area contributed by atoms with E-state index in [2.05, 4.69) is 26.8 Å². The van der Waals surface area contributed by atoms with Crippen LogP contribution in [0, 0.1) is 11.8 Å². The highest BCUT2D eigenvalue weighted by Gasteiger charge is 2.17. The van der Waals surface area contributed by atoms with E-state index >= 15 is 0 Å². The fraction of sp³-hybridized carbons (Fsp3) is 0.800. The van der Waals surface area contributed by atoms with E-state index in [1.54, 1.807) is 0 Å². The molecule has 2 N–H and O–H groups in total. The highest BCUT2D eigenvalue weighted by atomic mass is 14.6. The topological polar surface area (TPSA) is 26.0 Å². The predicted molar refractivity (Wildman–Crippen MR) is 49.3 cm³/mol. The summed E-state index contributed by atoms with van der Waals surface area (Å²) < 4.78 is 0. The standard InChI is InChI=1S/C10H19N/c1-7-4-8(2)9(3)6-10(11)5-7/h4,7,9-10H,5-6,11H2,1-3H3/t7?,9?,10-/m0/s1. The number of hydrogen-bond donors (Lipinski definition) is 1. The van der Waals surface area contributed by atoms with E-state index in [0.29, 0.717) is 17.9 Å². The summed E-state index contributed by atoms with van der Waals surface area (Å²) in [5.41, 5.74) is 7.46. The van der Waals surface area contributed by atoms with E-state index in [4.69, 9.17) is 5.73 Å². The summed E-state index contributed by atoms with van der Waals surface area (Å²) in [7, 11) is 0. The molecule has 0 aromatic heterocycles. The van der Waals surface area contributed by atoms with Crippen molar-refractivity contribution in [3.05, 3.63) is 11.6 Å². The third-order valence-electron chi connectivity index (χ3n) is 2.66. The van der Waals surface area contributed by atoms with Crippen LogP contribution >= 0.6 is 0 Å². The SMILES string of the molecule is CC1=CC(C)C[C@H](N)CC1C. The van der Waals surface area contributed by atoms with Crippen molar-refractivity contribution in [1.82, 2.24) is 0 Å². The molecule has 0 radical (unpaired) electrons. The molecule has 0 aromatic carbocycles. The van der Waals surface area contributed by atoms with Crippen molar-refractivity contribution in [1.29, 1.82) is 0 Å². The van der Waals surface area contributed by atoms with Gasteiger partial charge in [0.15, 0.2) is 0 Å². The van der Waals surface area contributed by atoms with Crippen molar-refractivity contribution in [2.45, 2.75) is 39.7 Å². The average molecular weight is 153 g/mol. The zero-order valence-corrected chi connectivity index (χ0v) is 7.80. The molecule has 0 spiro atoms. The van der Waals surface area contributed by atoms with Gasteiger partial charge in [0.1, 0.15) is 0 Å². The van der Waals surface area contributed by atoms with Crippen LogP contribution < -0.4 is 5.73 Å². The van der Waals surface area contributed by atoms with E-state index in [0.717, 1.165) is 12.8 Å². The maximum Gasteiger partial charge on any atom is 0.00499 e. The number of nitrogens with two attached hydrogens (primary N) is 1. The second kappa shape index (κ2) is 3.40. The Morgan fingerprint density at radius 2 is 2.00 bits per heavy atom. The van der Waals surface area contributed by atoms with Crippen LogP contribution in [0.2, 0.25) is 0 Å². The maximum atomic E-state index is 5.94. The van der Waals surface area contributed by atoms with E-state index in [1.165, 1.54) is 5.57 Å². The van der Waals surface area contributed by atoms with Gasteiger partial charge in [-0.05, 0) is 31.6 Å². The second-order valence-corrected chi connectivity index (χ2v) is 4.02. The molecule has 1 aliphatic carbocycles. The lowest BCUT2D eigenvalue weighted by atomic mass is 9.97. The summed E-state index contributed by atoms with van der Waals surface area (Å²) in [4.78, 5) is 0. The van der Waals surface area contributed by atoms with Crippen molar-refractivity contribution < 1.29 is 0 Å². The van der Waals surface area contributed by atoms with Gasteiger partial charge in [0.05, 0.1) is 0 Å². The van der Waals surface area contributed by atoms with Crippen LogP contribution in [0.4, 0.5) is 0 Å². The maximum absolute atomic E-state index is 5.94. The van der Waals surface area contributed by atoms with Crippen molar-refractivity contribution in [2.24, 2.45) is 17.6 Å². The Kier molecular flexibility index (Phi) is 2.72. The minimum atomic E-state index is 0.411. The molecule has 3 atom stereocenters. The van der Waals surface area contributed by atoms with Gasteiger partial charge in [-0.25, -0.2) is 0 Å². The van der Waals surface area contributed by atoms with Gasteiger partial charge in [-0.15, -0.1) is 0 Å². The minimum Gasteiger partial charge on any atom is -0.328 e. The fourth-order valence-corrected chi connectivity index (χ4v) is 1.89. The first-order chi connectivity index (χ1) is 5.09. The Morgan fingerprint density at radius 1 is 1.36 bits per heavy atom. The Labute approximate surface area is 69.7 Å². The molecule has 0 fully saturated rings. The molecule has 0 bridgehead atoms. The third-order valence-corrected chi connectivity index (χ3v) is 2.66. The molecule has 0 amide bonds. The summed E-state index contributed by atoms with van der Waals surface area (Å²) in [5, 5.41) is 0. The summed E-state index contributed by atoms with van der Waals surface area (Å²) >= 11 is 0. The van der Waals surface area contributed by atoms with E-state index in [-0.39, 0.29) is 0 Å². The first-order valence-electron chi connectivity index (χ1n) is 4.53. The number of hydrogen-bond acceptors (Lipinski definition) is 1. The minimum absolute atomic E-state index is 0.411. The Bertz CT molecular complexity index is 160. The molecule has 0 saturated heterocycles. The van der Waals surface area contributed by atoms with Gasteiger partial charge >= 0.3 is 0 Å². The van der Waals surface area contributed by atoms with Crippen LogP contribution in [-0.4, -0.2) is 6.04 Å². The zero-order valence-electron chi connectivity index (χ0n) is 7.80. The van der Waals surface area contributed by atoms with E-state index < -0.39 is 0 Å². The molecule has 1 rings (SSSR count). The largest absolute Gasteiger partial charge is 0.328 e. The molecule has 64 valence electrons. The van der Waals surface area contributed by atoms with Gasteiger partial charge < -0.3 is 5.73 Å². The van der Waals surface area contributed by atoms with Gasteiger partial charge in [0.2, 0.25) is 0 Å². The quantitative estimate of drug-likeness (QED) is 0.531. The number of rotatable bonds is 0. The van der Waals surface area contributed by atoms with Gasteiger partial charge in [-0.3, -0.25) is 0 Å². The molecule has 0 aliphatic heterocycles. The van der Waals surface area contributed by atoms with Crippen LogP contribution in [0.5, 0.6) is 0 Å². The van der Waals surface area contributed by atoms with Crippen LogP contribution in [0.25, 0.3) is 0 Å². The smallest absolute Gasteiger partial charge is 0.00499 e. The van der Waals surface area contributed by atoms with E-state index in [9.17, 15) is 0 Å². The van der Waals surface area contributed by atoms with Crippen LogP contribution in [-0.2, 0) is 0 Å². The van der Waals surface area contributed by atoms with Crippen molar-refractivity contribution in [3.8, 4) is 0 Å². The molecule has 0 aromatic rings. The Morgan fingerprint density at radius 3 is 2.64 bits per heavy atom. The lowest BCUT2D eigenvalue weighted by molar-refractivity contribution is 0.475. The molecule has 2 unspecified atom stereocenters. The molecular formula is C10H19N. The highest BCUT2D eigenvalue weighted by Crippen LogP contribution is 2.25. The molecular weight excluding hydrogens is 134 g/mol. The van der Waals surface area contributed by atoms with E-state index in [1.807, 2.05) is 0 Å². The lowest BCUT2D eigenvalue weighted by Crippen LogP contribution is -2.22. The van der Waals surface area contributed by atoms with Crippen molar-refractivity contribution >= 4 is 0 Å². The summed E-state index contributed by atoms with van der Waals surface area (Å²) in [6.45, 7) is 6.74. The average Bonchev–Trinajstić information content (AvgIpc) is 1.93. The van der Waals surface area contributed by atoms with Crippen molar-refractivity contribution in [2.75, 3.05) is 0 Å². The molecule has 1 aliphatic rings. The van der Waals surface area contributed by atoms with Crippen LogP contribution in [0.3, 0.4) is 0 Å². The summed E-state index contributed by atoms with van der Waals surface area (Å²) in [6, 6.07) is 0.411. The first-order valence-corrected chi connectivity index (χ1v) is 4.53. The number of allylic oxidation sites excluding steroid dienone is 2. The Balaban J connectivity index is 2.67. The van der Waals surface area contributed by atoms with Gasteiger partial charge in [-0.2, -0.15) is 0 Å².